The van der Waals surface area contributed by atoms with Gasteiger partial charge in [0.05, 0.1) is 15.7 Å². The van der Waals surface area contributed by atoms with Crippen molar-refractivity contribution >= 4 is 22.3 Å². The Kier molecular flexibility index (Phi) is 4.79. The van der Waals surface area contributed by atoms with E-state index < -0.39 is 26.7 Å². The van der Waals surface area contributed by atoms with Crippen LogP contribution in [-0.2, 0) is 11.0 Å². The molecule has 0 saturated carbocycles. The number of thiophene rings is 1. The number of nitrogens with zero attached hydrogens (tertiary/aromatic N) is 1. The predicted octanol–water partition coefficient (Wildman–Crippen LogP) is 2.12. The van der Waals surface area contributed by atoms with E-state index in [1.54, 1.807) is 0 Å². The molecule has 0 aliphatic carbocycles. The number of hydrogen-bond donors (Lipinski definition) is 1. The van der Waals surface area contributed by atoms with E-state index in [1.807, 2.05) is 38.3 Å². The molecule has 1 N–H and O–H groups in total. The van der Waals surface area contributed by atoms with Crippen molar-refractivity contribution in [1.29, 1.82) is 0 Å². The molecule has 0 aliphatic heterocycles. The maximum Gasteiger partial charge on any atom is 0.224 e. The molecule has 96 valence electrons. The molecule has 2 unspecified atom stereocenters. The highest BCUT2D eigenvalue weighted by Gasteiger charge is 2.26. The van der Waals surface area contributed by atoms with Gasteiger partial charge in [0.25, 0.3) is 0 Å². The summed E-state index contributed by atoms with van der Waals surface area (Å²) in [6.45, 7) is 5.22. The fraction of sp³-hybridized carbons (Fsp3) is 0.600. The van der Waals surface area contributed by atoms with Crippen molar-refractivity contribution in [1.82, 2.24) is 4.72 Å². The summed E-state index contributed by atoms with van der Waals surface area (Å²) in [5, 5.41) is 12.5. The van der Waals surface area contributed by atoms with Gasteiger partial charge in [-0.2, -0.15) is 0 Å². The molecule has 0 bridgehead atoms. The van der Waals surface area contributed by atoms with E-state index >= 15 is 0 Å². The van der Waals surface area contributed by atoms with Gasteiger partial charge < -0.3 is 0 Å². The summed E-state index contributed by atoms with van der Waals surface area (Å²) in [5.41, 5.74) is 0. The van der Waals surface area contributed by atoms with Crippen molar-refractivity contribution in [2.45, 2.75) is 31.6 Å². The Morgan fingerprint density at radius 3 is 2.65 bits per heavy atom. The predicted molar refractivity (Wildman–Crippen MR) is 70.0 cm³/mol. The number of rotatable bonds is 5. The van der Waals surface area contributed by atoms with E-state index in [9.17, 15) is 14.3 Å². The second-order valence-electron chi connectivity index (χ2n) is 4.58. The Morgan fingerprint density at radius 1 is 1.59 bits per heavy atom. The molecule has 1 aromatic rings. The van der Waals surface area contributed by atoms with Crippen LogP contribution in [0.2, 0.25) is 0 Å². The number of hydrogen-bond acceptors (Lipinski definition) is 4. The van der Waals surface area contributed by atoms with E-state index in [0.717, 1.165) is 4.88 Å². The van der Waals surface area contributed by atoms with Gasteiger partial charge in [0.1, 0.15) is 6.04 Å². The lowest BCUT2D eigenvalue weighted by Gasteiger charge is -2.21. The van der Waals surface area contributed by atoms with Gasteiger partial charge in [-0.05, 0) is 32.2 Å². The average Bonchev–Trinajstić information content (AvgIpc) is 2.66. The molecule has 0 fully saturated rings. The fourth-order valence-electron chi connectivity index (χ4n) is 1.13. The van der Waals surface area contributed by atoms with Gasteiger partial charge in [-0.3, -0.25) is 10.1 Å². The number of nitro groups is 1. The largest absolute Gasteiger partial charge is 0.264 e. The van der Waals surface area contributed by atoms with Crippen LogP contribution in [0.4, 0.5) is 0 Å². The zero-order chi connectivity index (χ0) is 13.1. The Morgan fingerprint density at radius 2 is 2.24 bits per heavy atom. The normalized spacial score (nSPS) is 15.5. The van der Waals surface area contributed by atoms with E-state index in [0.29, 0.717) is 0 Å². The highest BCUT2D eigenvalue weighted by molar-refractivity contribution is 7.84. The Bertz CT molecular complexity index is 398. The third kappa shape index (κ3) is 4.53. The third-order valence-electron chi connectivity index (χ3n) is 2.02. The molecule has 1 heterocycles. The molecule has 2 atom stereocenters. The van der Waals surface area contributed by atoms with Crippen LogP contribution in [0.15, 0.2) is 17.5 Å². The van der Waals surface area contributed by atoms with Crippen molar-refractivity contribution < 1.29 is 9.13 Å². The lowest BCUT2D eigenvalue weighted by molar-refractivity contribution is -0.483. The zero-order valence-electron chi connectivity index (χ0n) is 10.0. The van der Waals surface area contributed by atoms with Gasteiger partial charge in [0, 0.05) is 9.80 Å². The maximum atomic E-state index is 11.9. The van der Waals surface area contributed by atoms with Gasteiger partial charge in [-0.25, -0.2) is 8.93 Å². The van der Waals surface area contributed by atoms with Crippen molar-refractivity contribution in [3.05, 3.63) is 32.5 Å². The highest BCUT2D eigenvalue weighted by Crippen LogP contribution is 2.21. The summed E-state index contributed by atoms with van der Waals surface area (Å²) in [4.78, 5) is 11.0. The molecule has 5 nitrogen and oxygen atoms in total. The molecule has 0 aromatic carbocycles. The maximum absolute atomic E-state index is 11.9. The zero-order valence-corrected chi connectivity index (χ0v) is 11.6. The summed E-state index contributed by atoms with van der Waals surface area (Å²) < 4.78 is 14.3. The first-order valence-corrected chi connectivity index (χ1v) is 7.17. The first-order chi connectivity index (χ1) is 7.80. The molecule has 0 saturated heterocycles. The van der Waals surface area contributed by atoms with E-state index in [-0.39, 0.29) is 6.54 Å². The summed E-state index contributed by atoms with van der Waals surface area (Å²) in [6.07, 6.45) is 0. The van der Waals surface area contributed by atoms with Gasteiger partial charge in [-0.1, -0.05) is 6.07 Å². The van der Waals surface area contributed by atoms with E-state index in [1.165, 1.54) is 11.3 Å². The van der Waals surface area contributed by atoms with Crippen LogP contribution in [0, 0.1) is 10.1 Å². The SMILES string of the molecule is CC(C)(C)S(=O)NC(C[N+](=O)[O-])c1cccs1. The topological polar surface area (TPSA) is 72.2 Å². The van der Waals surface area contributed by atoms with Crippen molar-refractivity contribution in [3.63, 3.8) is 0 Å². The fourth-order valence-corrected chi connectivity index (χ4v) is 2.79. The first kappa shape index (κ1) is 14.3. The highest BCUT2D eigenvalue weighted by atomic mass is 32.2. The number of nitrogens with one attached hydrogen (secondary N) is 1. The molecule has 7 heteroatoms. The average molecular weight is 276 g/mol. The molecule has 0 amide bonds. The molecule has 0 radical (unpaired) electrons. The lowest BCUT2D eigenvalue weighted by atomic mass is 10.2. The molecule has 0 aliphatic rings. The Labute approximate surface area is 107 Å². The van der Waals surface area contributed by atoms with Crippen LogP contribution in [-0.4, -0.2) is 20.4 Å². The van der Waals surface area contributed by atoms with Gasteiger partial charge in [-0.15, -0.1) is 11.3 Å². The first-order valence-electron chi connectivity index (χ1n) is 5.14. The van der Waals surface area contributed by atoms with Crippen molar-refractivity contribution in [2.24, 2.45) is 0 Å². The molecule has 1 rings (SSSR count). The van der Waals surface area contributed by atoms with Crippen LogP contribution in [0.5, 0.6) is 0 Å². The van der Waals surface area contributed by atoms with Crippen LogP contribution < -0.4 is 4.72 Å². The quantitative estimate of drug-likeness (QED) is 0.661. The van der Waals surface area contributed by atoms with E-state index in [4.69, 9.17) is 0 Å². The minimum atomic E-state index is -1.32. The summed E-state index contributed by atoms with van der Waals surface area (Å²) in [6, 6.07) is 3.14. The van der Waals surface area contributed by atoms with Crippen LogP contribution in [0.1, 0.15) is 31.7 Å². The minimum Gasteiger partial charge on any atom is -0.264 e. The smallest absolute Gasteiger partial charge is 0.224 e. The monoisotopic (exact) mass is 276 g/mol. The molecule has 17 heavy (non-hydrogen) atoms. The minimum absolute atomic E-state index is 0.262. The standard InChI is InChI=1S/C10H16N2O3S2/c1-10(2,3)17(15)11-8(7-12(13)14)9-5-4-6-16-9/h4-6,8,11H,7H2,1-3H3. The van der Waals surface area contributed by atoms with Gasteiger partial charge in [0.2, 0.25) is 6.54 Å². The van der Waals surface area contributed by atoms with Crippen molar-refractivity contribution in [2.75, 3.05) is 6.54 Å². The molecule has 1 aromatic heterocycles. The second kappa shape index (κ2) is 5.70. The van der Waals surface area contributed by atoms with Gasteiger partial charge in [0.15, 0.2) is 0 Å². The second-order valence-corrected chi connectivity index (χ2v) is 7.56. The Hall–Kier alpha value is -0.790. The van der Waals surface area contributed by atoms with Crippen LogP contribution in [0.25, 0.3) is 0 Å². The van der Waals surface area contributed by atoms with Crippen molar-refractivity contribution in [3.8, 4) is 0 Å². The lowest BCUT2D eigenvalue weighted by Crippen LogP contribution is -2.37. The molecular formula is C10H16N2O3S2. The summed E-state index contributed by atoms with van der Waals surface area (Å²) in [7, 11) is -1.32. The molecular weight excluding hydrogens is 260 g/mol. The summed E-state index contributed by atoms with van der Waals surface area (Å²) >= 11 is 1.42. The summed E-state index contributed by atoms with van der Waals surface area (Å²) in [5.74, 6) is 0. The van der Waals surface area contributed by atoms with Crippen LogP contribution in [0.3, 0.4) is 0 Å². The third-order valence-corrected chi connectivity index (χ3v) is 4.62. The van der Waals surface area contributed by atoms with Crippen LogP contribution >= 0.6 is 11.3 Å². The Balaban J connectivity index is 2.79. The molecule has 0 spiro atoms. The van der Waals surface area contributed by atoms with Gasteiger partial charge >= 0.3 is 0 Å². The van der Waals surface area contributed by atoms with E-state index in [2.05, 4.69) is 4.72 Å².